The molecule has 0 radical (unpaired) electrons. The maximum absolute atomic E-state index is 12.5. The smallest absolute Gasteiger partial charge is 0.310 e. The van der Waals surface area contributed by atoms with Crippen LogP contribution in [0.4, 0.5) is 0 Å². The predicted octanol–water partition coefficient (Wildman–Crippen LogP) is 2.48. The lowest BCUT2D eigenvalue weighted by molar-refractivity contribution is -0.146. The molecule has 1 aromatic rings. The van der Waals surface area contributed by atoms with Gasteiger partial charge < -0.3 is 5.11 Å². The summed E-state index contributed by atoms with van der Waals surface area (Å²) in [5.41, 5.74) is -1.06. The van der Waals surface area contributed by atoms with Gasteiger partial charge in [0.1, 0.15) is 0 Å². The van der Waals surface area contributed by atoms with Crippen molar-refractivity contribution in [2.75, 3.05) is 13.1 Å². The summed E-state index contributed by atoms with van der Waals surface area (Å²) in [6, 6.07) is 4.05. The molecule has 0 saturated carbocycles. The van der Waals surface area contributed by atoms with Crippen LogP contribution >= 0.6 is 23.2 Å². The van der Waals surface area contributed by atoms with E-state index < -0.39 is 21.4 Å². The van der Waals surface area contributed by atoms with E-state index in [1.165, 1.54) is 25.1 Å². The average Bonchev–Trinajstić information content (AvgIpc) is 2.73. The van der Waals surface area contributed by atoms with E-state index in [1.807, 2.05) is 0 Å². The molecule has 1 unspecified atom stereocenters. The first kappa shape index (κ1) is 15.6. The summed E-state index contributed by atoms with van der Waals surface area (Å²) in [6.07, 6.45) is 0.274. The number of hydrogen-bond acceptors (Lipinski definition) is 3. The summed E-state index contributed by atoms with van der Waals surface area (Å²) >= 11 is 11.6. The van der Waals surface area contributed by atoms with Crippen LogP contribution in [0.5, 0.6) is 0 Å². The maximum atomic E-state index is 12.5. The third-order valence-corrected chi connectivity index (χ3v) is 5.69. The van der Waals surface area contributed by atoms with Gasteiger partial charge in [-0.15, -0.1) is 0 Å². The fourth-order valence-electron chi connectivity index (χ4n) is 2.13. The molecule has 0 aromatic heterocycles. The zero-order chi connectivity index (χ0) is 15.1. The third-order valence-electron chi connectivity index (χ3n) is 3.43. The topological polar surface area (TPSA) is 74.7 Å². The first-order chi connectivity index (χ1) is 9.15. The van der Waals surface area contributed by atoms with Crippen molar-refractivity contribution in [3.8, 4) is 0 Å². The highest BCUT2D eigenvalue weighted by atomic mass is 35.5. The molecule has 1 atom stereocenters. The molecule has 0 amide bonds. The average molecular weight is 338 g/mol. The Labute approximate surface area is 127 Å². The van der Waals surface area contributed by atoms with Crippen molar-refractivity contribution in [3.63, 3.8) is 0 Å². The molecule has 1 N–H and O–H groups in total. The lowest BCUT2D eigenvalue weighted by atomic mass is 9.90. The van der Waals surface area contributed by atoms with Gasteiger partial charge in [-0.25, -0.2) is 8.42 Å². The van der Waals surface area contributed by atoms with E-state index in [9.17, 15) is 13.2 Å². The van der Waals surface area contributed by atoms with Crippen LogP contribution in [0.15, 0.2) is 23.1 Å². The molecule has 20 heavy (non-hydrogen) atoms. The monoisotopic (exact) mass is 337 g/mol. The number of rotatable bonds is 3. The summed E-state index contributed by atoms with van der Waals surface area (Å²) < 4.78 is 26.1. The molecule has 1 aliphatic rings. The zero-order valence-electron chi connectivity index (χ0n) is 10.6. The van der Waals surface area contributed by atoms with Crippen LogP contribution in [0.25, 0.3) is 0 Å². The van der Waals surface area contributed by atoms with Crippen molar-refractivity contribution >= 4 is 39.2 Å². The lowest BCUT2D eigenvalue weighted by Gasteiger charge is -2.20. The first-order valence-electron chi connectivity index (χ1n) is 5.85. The van der Waals surface area contributed by atoms with Crippen molar-refractivity contribution in [1.82, 2.24) is 4.31 Å². The number of carboxylic acid groups (broad SMARTS) is 1. The molecule has 1 aliphatic heterocycles. The van der Waals surface area contributed by atoms with E-state index in [2.05, 4.69) is 0 Å². The van der Waals surface area contributed by atoms with Gasteiger partial charge in [-0.1, -0.05) is 23.2 Å². The molecule has 2 rings (SSSR count). The van der Waals surface area contributed by atoms with Crippen molar-refractivity contribution in [3.05, 3.63) is 28.2 Å². The quantitative estimate of drug-likeness (QED) is 0.919. The second kappa shape index (κ2) is 5.18. The Balaban J connectivity index is 2.35. The van der Waals surface area contributed by atoms with E-state index in [4.69, 9.17) is 28.3 Å². The number of sulfonamides is 1. The zero-order valence-corrected chi connectivity index (χ0v) is 13.0. The molecule has 0 spiro atoms. The van der Waals surface area contributed by atoms with E-state index >= 15 is 0 Å². The number of hydrogen-bond donors (Lipinski definition) is 1. The summed E-state index contributed by atoms with van der Waals surface area (Å²) in [6.45, 7) is 1.64. The summed E-state index contributed by atoms with van der Waals surface area (Å²) in [5, 5.41) is 9.59. The second-order valence-corrected chi connectivity index (χ2v) is 7.87. The van der Waals surface area contributed by atoms with Crippen LogP contribution in [-0.2, 0) is 14.8 Å². The summed E-state index contributed by atoms with van der Waals surface area (Å²) in [5.74, 6) is -1.00. The van der Waals surface area contributed by atoms with E-state index in [0.717, 1.165) is 4.31 Å². The molecular formula is C12H13Cl2NO4S. The molecule has 0 aliphatic carbocycles. The highest BCUT2D eigenvalue weighted by Crippen LogP contribution is 2.34. The van der Waals surface area contributed by atoms with E-state index in [-0.39, 0.29) is 34.5 Å². The Morgan fingerprint density at radius 3 is 2.30 bits per heavy atom. The molecule has 5 nitrogen and oxygen atoms in total. The number of carbonyl (C=O) groups is 1. The molecule has 1 fully saturated rings. The molecule has 8 heteroatoms. The first-order valence-corrected chi connectivity index (χ1v) is 8.04. The van der Waals surface area contributed by atoms with Gasteiger partial charge in [0.25, 0.3) is 0 Å². The fourth-order valence-corrected chi connectivity index (χ4v) is 4.42. The Bertz CT molecular complexity index is 641. The summed E-state index contributed by atoms with van der Waals surface area (Å²) in [4.78, 5) is 11.2. The van der Waals surface area contributed by atoms with Gasteiger partial charge in [-0.3, -0.25) is 4.79 Å². The standard InChI is InChI=1S/C12H13Cl2NO4S/c1-12(11(16)17)2-3-15(7-12)20(18,19)10-5-8(13)4-9(14)6-10/h4-6H,2-3,7H2,1H3,(H,16,17). The highest BCUT2D eigenvalue weighted by Gasteiger charge is 2.44. The Hall–Kier alpha value is -0.820. The van der Waals surface area contributed by atoms with Gasteiger partial charge in [-0.2, -0.15) is 4.31 Å². The molecule has 1 heterocycles. The van der Waals surface area contributed by atoms with Gasteiger partial charge >= 0.3 is 5.97 Å². The van der Waals surface area contributed by atoms with Crippen LogP contribution in [-0.4, -0.2) is 36.9 Å². The number of nitrogens with zero attached hydrogens (tertiary/aromatic N) is 1. The van der Waals surface area contributed by atoms with E-state index in [0.29, 0.717) is 0 Å². The number of halogens is 2. The molecule has 1 aromatic carbocycles. The van der Waals surface area contributed by atoms with Gasteiger partial charge in [0.15, 0.2) is 0 Å². The number of benzene rings is 1. The van der Waals surface area contributed by atoms with Crippen molar-refractivity contribution in [1.29, 1.82) is 0 Å². The highest BCUT2D eigenvalue weighted by molar-refractivity contribution is 7.89. The SMILES string of the molecule is CC1(C(=O)O)CCN(S(=O)(=O)c2cc(Cl)cc(Cl)c2)C1. The van der Waals surface area contributed by atoms with Crippen LogP contribution in [0.2, 0.25) is 10.0 Å². The number of carboxylic acids is 1. The Morgan fingerprint density at radius 1 is 1.30 bits per heavy atom. The van der Waals surface area contributed by atoms with Gasteiger partial charge in [0, 0.05) is 23.1 Å². The van der Waals surface area contributed by atoms with Crippen molar-refractivity contribution in [2.45, 2.75) is 18.2 Å². The van der Waals surface area contributed by atoms with E-state index in [1.54, 1.807) is 0 Å². The van der Waals surface area contributed by atoms with Crippen molar-refractivity contribution < 1.29 is 18.3 Å². The minimum Gasteiger partial charge on any atom is -0.481 e. The minimum absolute atomic E-state index is 0.0235. The van der Waals surface area contributed by atoms with Crippen LogP contribution < -0.4 is 0 Å². The predicted molar refractivity (Wildman–Crippen MR) is 75.6 cm³/mol. The second-order valence-electron chi connectivity index (χ2n) is 5.06. The Morgan fingerprint density at radius 2 is 1.85 bits per heavy atom. The molecular weight excluding hydrogens is 325 g/mol. The molecule has 110 valence electrons. The van der Waals surface area contributed by atoms with Crippen LogP contribution in [0.1, 0.15) is 13.3 Å². The molecule has 0 bridgehead atoms. The largest absolute Gasteiger partial charge is 0.481 e. The van der Waals surface area contributed by atoms with Crippen LogP contribution in [0.3, 0.4) is 0 Å². The van der Waals surface area contributed by atoms with Crippen LogP contribution in [0, 0.1) is 5.41 Å². The van der Waals surface area contributed by atoms with Gasteiger partial charge in [-0.05, 0) is 31.5 Å². The Kier molecular flexibility index (Phi) is 4.03. The third kappa shape index (κ3) is 2.79. The minimum atomic E-state index is -3.79. The van der Waals surface area contributed by atoms with Crippen molar-refractivity contribution in [2.24, 2.45) is 5.41 Å². The van der Waals surface area contributed by atoms with Gasteiger partial charge in [0.05, 0.1) is 10.3 Å². The maximum Gasteiger partial charge on any atom is 0.310 e. The molecule has 1 saturated heterocycles. The number of aliphatic carboxylic acids is 1. The summed E-state index contributed by atoms with van der Waals surface area (Å²) in [7, 11) is -3.79. The fraction of sp³-hybridized carbons (Fsp3) is 0.417. The lowest BCUT2D eigenvalue weighted by Crippen LogP contribution is -2.34. The van der Waals surface area contributed by atoms with Gasteiger partial charge in [0.2, 0.25) is 10.0 Å². The normalized spacial score (nSPS) is 23.9.